The van der Waals surface area contributed by atoms with E-state index in [4.69, 9.17) is 10.2 Å². The molecule has 0 aromatic carbocycles. The van der Waals surface area contributed by atoms with Gasteiger partial charge in [0.25, 0.3) is 0 Å². The van der Waals surface area contributed by atoms with Crippen LogP contribution in [0.3, 0.4) is 0 Å². The van der Waals surface area contributed by atoms with Gasteiger partial charge in [0.2, 0.25) is 0 Å². The molecule has 0 bridgehead atoms. The topological polar surface area (TPSA) is 81.1 Å². The van der Waals surface area contributed by atoms with Crippen LogP contribution in [0.25, 0.3) is 0 Å². The van der Waals surface area contributed by atoms with Crippen LogP contribution >= 0.6 is 0 Å². The van der Waals surface area contributed by atoms with Gasteiger partial charge in [0.15, 0.2) is 0 Å². The van der Waals surface area contributed by atoms with Crippen LogP contribution in [-0.4, -0.2) is 64.8 Å². The molecule has 0 saturated heterocycles. The fraction of sp³-hybridized carbons (Fsp3) is 0.833. The number of hydrogen-bond acceptors (Lipinski definition) is 3. The average Bonchev–Trinajstić information content (AvgIpc) is 2.85. The van der Waals surface area contributed by atoms with E-state index in [1.54, 1.807) is 7.05 Å². The van der Waals surface area contributed by atoms with Crippen molar-refractivity contribution in [1.82, 2.24) is 9.80 Å². The Bertz CT molecular complexity index is 290. The van der Waals surface area contributed by atoms with E-state index >= 15 is 0 Å². The lowest BCUT2D eigenvalue weighted by molar-refractivity contribution is -0.138. The van der Waals surface area contributed by atoms with Crippen LogP contribution in [-0.2, 0) is 4.79 Å². The first-order chi connectivity index (χ1) is 8.56. The van der Waals surface area contributed by atoms with Crippen LogP contribution in [0.15, 0.2) is 0 Å². The molecule has 0 aromatic rings. The summed E-state index contributed by atoms with van der Waals surface area (Å²) in [4.78, 5) is 26.0. The number of carbonyl (C=O) groups excluding carboxylic acids is 1. The Labute approximate surface area is 107 Å². The normalized spacial score (nSPS) is 15.7. The summed E-state index contributed by atoms with van der Waals surface area (Å²) in [5, 5.41) is 17.6. The second kappa shape index (κ2) is 7.20. The van der Waals surface area contributed by atoms with Crippen molar-refractivity contribution < 1.29 is 19.8 Å². The number of carbonyl (C=O) groups is 2. The van der Waals surface area contributed by atoms with E-state index < -0.39 is 5.97 Å². The number of hydrogen-bond donors (Lipinski definition) is 2. The maximum Gasteiger partial charge on any atom is 0.323 e. The molecule has 1 aliphatic rings. The summed E-state index contributed by atoms with van der Waals surface area (Å²) in [5.41, 5.74) is 0. The molecule has 2 amide bonds. The fourth-order valence-electron chi connectivity index (χ4n) is 2.34. The summed E-state index contributed by atoms with van der Waals surface area (Å²) in [6.45, 7) is 0.227. The van der Waals surface area contributed by atoms with Crippen molar-refractivity contribution in [3.05, 3.63) is 0 Å². The van der Waals surface area contributed by atoms with Crippen LogP contribution < -0.4 is 0 Å². The van der Waals surface area contributed by atoms with E-state index in [9.17, 15) is 9.59 Å². The molecule has 6 heteroatoms. The third-order valence-electron chi connectivity index (χ3n) is 3.29. The molecule has 0 unspecified atom stereocenters. The smallest absolute Gasteiger partial charge is 0.323 e. The minimum atomic E-state index is -0.981. The highest BCUT2D eigenvalue weighted by Crippen LogP contribution is 2.24. The molecular weight excluding hydrogens is 236 g/mol. The number of aliphatic hydroxyl groups excluding tert-OH is 1. The van der Waals surface area contributed by atoms with Crippen molar-refractivity contribution >= 4 is 12.0 Å². The zero-order valence-corrected chi connectivity index (χ0v) is 10.8. The number of amides is 2. The van der Waals surface area contributed by atoms with E-state index in [0.717, 1.165) is 25.7 Å². The van der Waals surface area contributed by atoms with Crippen molar-refractivity contribution in [2.75, 3.05) is 26.7 Å². The Balaban J connectivity index is 2.62. The van der Waals surface area contributed by atoms with Crippen molar-refractivity contribution in [2.24, 2.45) is 0 Å². The zero-order valence-electron chi connectivity index (χ0n) is 10.8. The van der Waals surface area contributed by atoms with Gasteiger partial charge in [-0.2, -0.15) is 0 Å². The number of aliphatic hydroxyl groups is 1. The highest BCUT2D eigenvalue weighted by Gasteiger charge is 2.29. The summed E-state index contributed by atoms with van der Waals surface area (Å²) in [7, 11) is 1.64. The summed E-state index contributed by atoms with van der Waals surface area (Å²) >= 11 is 0. The molecule has 0 heterocycles. The Morgan fingerprint density at radius 2 is 1.89 bits per heavy atom. The molecule has 0 spiro atoms. The first kappa shape index (κ1) is 14.8. The lowest BCUT2D eigenvalue weighted by atomic mass is 10.2. The third-order valence-corrected chi connectivity index (χ3v) is 3.29. The van der Waals surface area contributed by atoms with Crippen molar-refractivity contribution in [3.8, 4) is 0 Å². The maximum absolute atomic E-state index is 12.2. The standard InChI is InChI=1S/C12H22N2O4/c1-13(7-4-8-15)12(18)14(9-11(16)17)10-5-2-3-6-10/h10,15H,2-9H2,1H3,(H,16,17). The highest BCUT2D eigenvalue weighted by atomic mass is 16.4. The highest BCUT2D eigenvalue weighted by molar-refractivity contribution is 5.80. The van der Waals surface area contributed by atoms with E-state index in [-0.39, 0.29) is 25.2 Å². The van der Waals surface area contributed by atoms with Gasteiger partial charge in [-0.3, -0.25) is 4.79 Å². The number of urea groups is 1. The van der Waals surface area contributed by atoms with Gasteiger partial charge in [-0.1, -0.05) is 12.8 Å². The molecular formula is C12H22N2O4. The van der Waals surface area contributed by atoms with Crippen LogP contribution in [0.2, 0.25) is 0 Å². The number of carboxylic acid groups (broad SMARTS) is 1. The molecule has 1 aliphatic carbocycles. The molecule has 18 heavy (non-hydrogen) atoms. The molecule has 0 atom stereocenters. The predicted molar refractivity (Wildman–Crippen MR) is 66.3 cm³/mol. The largest absolute Gasteiger partial charge is 0.480 e. The fourth-order valence-corrected chi connectivity index (χ4v) is 2.34. The van der Waals surface area contributed by atoms with Gasteiger partial charge in [-0.15, -0.1) is 0 Å². The monoisotopic (exact) mass is 258 g/mol. The first-order valence-electron chi connectivity index (χ1n) is 6.40. The average molecular weight is 258 g/mol. The molecule has 0 aliphatic heterocycles. The molecule has 104 valence electrons. The van der Waals surface area contributed by atoms with E-state index in [1.165, 1.54) is 9.80 Å². The Kier molecular flexibility index (Phi) is 5.91. The molecule has 1 saturated carbocycles. The molecule has 0 aromatic heterocycles. The SMILES string of the molecule is CN(CCCO)C(=O)N(CC(=O)O)C1CCCC1. The van der Waals surface area contributed by atoms with Crippen LogP contribution in [0.5, 0.6) is 0 Å². The molecule has 1 fully saturated rings. The molecule has 0 radical (unpaired) electrons. The van der Waals surface area contributed by atoms with Gasteiger partial charge in [0.05, 0.1) is 0 Å². The molecule has 2 N–H and O–H groups in total. The van der Waals surface area contributed by atoms with E-state index in [1.807, 2.05) is 0 Å². The quantitative estimate of drug-likeness (QED) is 0.736. The van der Waals surface area contributed by atoms with Gasteiger partial charge in [0, 0.05) is 26.2 Å². The van der Waals surface area contributed by atoms with Crippen molar-refractivity contribution in [3.63, 3.8) is 0 Å². The molecule has 1 rings (SSSR count). The van der Waals surface area contributed by atoms with Crippen LogP contribution in [0.1, 0.15) is 32.1 Å². The second-order valence-corrected chi connectivity index (χ2v) is 4.74. The molecule has 6 nitrogen and oxygen atoms in total. The second-order valence-electron chi connectivity index (χ2n) is 4.74. The van der Waals surface area contributed by atoms with Gasteiger partial charge in [-0.05, 0) is 19.3 Å². The Hall–Kier alpha value is -1.30. The summed E-state index contributed by atoms with van der Waals surface area (Å²) in [5.74, 6) is -0.981. The Morgan fingerprint density at radius 3 is 2.39 bits per heavy atom. The lowest BCUT2D eigenvalue weighted by Crippen LogP contribution is -2.48. The maximum atomic E-state index is 12.2. The lowest BCUT2D eigenvalue weighted by Gasteiger charge is -2.31. The summed E-state index contributed by atoms with van der Waals surface area (Å²) in [6, 6.07) is -0.206. The summed E-state index contributed by atoms with van der Waals surface area (Å²) < 4.78 is 0. The van der Waals surface area contributed by atoms with Crippen molar-refractivity contribution in [2.45, 2.75) is 38.1 Å². The van der Waals surface area contributed by atoms with Crippen molar-refractivity contribution in [1.29, 1.82) is 0 Å². The van der Waals surface area contributed by atoms with Gasteiger partial charge in [0.1, 0.15) is 6.54 Å². The van der Waals surface area contributed by atoms with E-state index in [2.05, 4.69) is 0 Å². The van der Waals surface area contributed by atoms with Gasteiger partial charge in [-0.25, -0.2) is 4.79 Å². The summed E-state index contributed by atoms with van der Waals surface area (Å²) in [6.07, 6.45) is 4.37. The number of nitrogens with zero attached hydrogens (tertiary/aromatic N) is 2. The first-order valence-corrected chi connectivity index (χ1v) is 6.40. The zero-order chi connectivity index (χ0) is 13.5. The minimum absolute atomic E-state index is 0.0278. The van der Waals surface area contributed by atoms with E-state index in [0.29, 0.717) is 13.0 Å². The Morgan fingerprint density at radius 1 is 1.28 bits per heavy atom. The predicted octanol–water partition coefficient (Wildman–Crippen LogP) is 0.750. The minimum Gasteiger partial charge on any atom is -0.480 e. The number of carboxylic acids is 1. The number of aliphatic carboxylic acids is 1. The van der Waals surface area contributed by atoms with Crippen LogP contribution in [0.4, 0.5) is 4.79 Å². The number of rotatable bonds is 6. The van der Waals surface area contributed by atoms with Gasteiger partial charge < -0.3 is 20.0 Å². The van der Waals surface area contributed by atoms with Gasteiger partial charge >= 0.3 is 12.0 Å². The third kappa shape index (κ3) is 4.18. The van der Waals surface area contributed by atoms with Crippen LogP contribution in [0, 0.1) is 0 Å².